The molecule has 3 aromatic rings. The molecule has 0 saturated heterocycles. The molecule has 0 bridgehead atoms. The topological polar surface area (TPSA) is 76.8 Å². The van der Waals surface area contributed by atoms with Crippen LogP contribution in [0.15, 0.2) is 47.6 Å². The molecular formula is C16H14F4N4O3S. The van der Waals surface area contributed by atoms with Crippen LogP contribution in [0.1, 0.15) is 11.6 Å². The van der Waals surface area contributed by atoms with E-state index in [4.69, 9.17) is 4.74 Å². The third kappa shape index (κ3) is 3.52. The van der Waals surface area contributed by atoms with Gasteiger partial charge in [-0.05, 0) is 23.8 Å². The second-order valence-electron chi connectivity index (χ2n) is 5.76. The van der Waals surface area contributed by atoms with Gasteiger partial charge in [-0.15, -0.1) is 5.10 Å². The van der Waals surface area contributed by atoms with Crippen molar-refractivity contribution in [2.45, 2.75) is 17.2 Å². The molecule has 1 atom stereocenters. The summed E-state index contributed by atoms with van der Waals surface area (Å²) in [5, 5.41) is 3.33. The standard InChI is InChI=1S/C16H14F4N4O3S/c1-23(15(16(18,19)20)10-3-5-11(17)6-4-10)28(25,26)14-9-21-12-7-8-13(27-2)22-24(12)14/h3-9,15H,1-2H3. The molecule has 12 heteroatoms. The Morgan fingerprint density at radius 2 is 1.79 bits per heavy atom. The van der Waals surface area contributed by atoms with Gasteiger partial charge < -0.3 is 4.74 Å². The van der Waals surface area contributed by atoms with E-state index in [1.54, 1.807) is 0 Å². The van der Waals surface area contributed by atoms with E-state index in [1.165, 1.54) is 19.2 Å². The van der Waals surface area contributed by atoms with Gasteiger partial charge in [-0.3, -0.25) is 0 Å². The third-order valence-electron chi connectivity index (χ3n) is 4.02. The lowest BCUT2D eigenvalue weighted by molar-refractivity contribution is -0.171. The van der Waals surface area contributed by atoms with Gasteiger partial charge in [0.25, 0.3) is 10.0 Å². The number of hydrogen-bond acceptors (Lipinski definition) is 5. The van der Waals surface area contributed by atoms with Crippen LogP contribution in [-0.4, -0.2) is 47.7 Å². The molecule has 7 nitrogen and oxygen atoms in total. The summed E-state index contributed by atoms with van der Waals surface area (Å²) < 4.78 is 86.1. The molecule has 0 aliphatic rings. The van der Waals surface area contributed by atoms with E-state index < -0.39 is 38.6 Å². The number of rotatable bonds is 5. The quantitative estimate of drug-likeness (QED) is 0.596. The molecule has 1 unspecified atom stereocenters. The average molecular weight is 418 g/mol. The Morgan fingerprint density at radius 1 is 1.14 bits per heavy atom. The summed E-state index contributed by atoms with van der Waals surface area (Å²) in [6, 6.07) is 3.73. The van der Waals surface area contributed by atoms with Crippen LogP contribution in [0.4, 0.5) is 17.6 Å². The van der Waals surface area contributed by atoms with Crippen molar-refractivity contribution in [3.8, 4) is 5.88 Å². The number of methoxy groups -OCH3 is 1. The van der Waals surface area contributed by atoms with Crippen LogP contribution < -0.4 is 4.74 Å². The fraction of sp³-hybridized carbons (Fsp3) is 0.250. The number of nitrogens with zero attached hydrogens (tertiary/aromatic N) is 4. The van der Waals surface area contributed by atoms with Crippen molar-refractivity contribution in [1.29, 1.82) is 0 Å². The maximum atomic E-state index is 13.7. The Morgan fingerprint density at radius 3 is 2.36 bits per heavy atom. The second-order valence-corrected chi connectivity index (χ2v) is 7.70. The van der Waals surface area contributed by atoms with Crippen LogP contribution in [0, 0.1) is 5.82 Å². The van der Waals surface area contributed by atoms with Crippen molar-refractivity contribution in [3.05, 3.63) is 54.0 Å². The molecule has 3 rings (SSSR count). The smallest absolute Gasteiger partial charge is 0.409 e. The van der Waals surface area contributed by atoms with Gasteiger partial charge in [0, 0.05) is 13.1 Å². The maximum absolute atomic E-state index is 13.7. The lowest BCUT2D eigenvalue weighted by Gasteiger charge is -2.29. The number of alkyl halides is 3. The molecule has 28 heavy (non-hydrogen) atoms. The molecule has 150 valence electrons. The monoisotopic (exact) mass is 418 g/mol. The number of halogens is 4. The maximum Gasteiger partial charge on any atom is 0.409 e. The highest BCUT2D eigenvalue weighted by atomic mass is 32.2. The zero-order valence-electron chi connectivity index (χ0n) is 14.6. The summed E-state index contributed by atoms with van der Waals surface area (Å²) >= 11 is 0. The van der Waals surface area contributed by atoms with Gasteiger partial charge in [-0.1, -0.05) is 12.1 Å². The highest BCUT2D eigenvalue weighted by Crippen LogP contribution is 2.39. The molecule has 2 heterocycles. The van der Waals surface area contributed by atoms with E-state index in [-0.39, 0.29) is 15.8 Å². The lowest BCUT2D eigenvalue weighted by Crippen LogP contribution is -2.40. The van der Waals surface area contributed by atoms with E-state index in [1.807, 2.05) is 0 Å². The summed E-state index contributed by atoms with van der Waals surface area (Å²) in [5.74, 6) is -0.691. The lowest BCUT2D eigenvalue weighted by atomic mass is 10.1. The largest absolute Gasteiger partial charge is 0.480 e. The Bertz CT molecular complexity index is 1100. The number of benzene rings is 1. The fourth-order valence-electron chi connectivity index (χ4n) is 2.66. The summed E-state index contributed by atoms with van der Waals surface area (Å²) in [7, 11) is -2.59. The molecule has 0 aliphatic carbocycles. The molecule has 2 aromatic heterocycles. The predicted molar refractivity (Wildman–Crippen MR) is 89.7 cm³/mol. The number of hydrogen-bond donors (Lipinski definition) is 0. The first-order valence-electron chi connectivity index (χ1n) is 7.74. The van der Waals surface area contributed by atoms with Crippen LogP contribution in [0.5, 0.6) is 5.88 Å². The molecule has 0 amide bonds. The minimum atomic E-state index is -4.95. The van der Waals surface area contributed by atoms with Gasteiger partial charge in [0.15, 0.2) is 10.7 Å². The van der Waals surface area contributed by atoms with Crippen LogP contribution in [0.3, 0.4) is 0 Å². The number of ether oxygens (including phenoxy) is 1. The first-order chi connectivity index (χ1) is 13.1. The van der Waals surface area contributed by atoms with Crippen LogP contribution in [0.25, 0.3) is 5.65 Å². The predicted octanol–water partition coefficient (Wildman–Crippen LogP) is 2.80. The molecule has 0 aliphatic heterocycles. The Hall–Kier alpha value is -2.73. The fourth-order valence-corrected chi connectivity index (χ4v) is 4.01. The number of fused-ring (bicyclic) bond motifs is 1. The molecule has 0 fully saturated rings. The van der Waals surface area contributed by atoms with Gasteiger partial charge in [0.1, 0.15) is 11.9 Å². The average Bonchev–Trinajstić information content (AvgIpc) is 3.06. The summed E-state index contributed by atoms with van der Waals surface area (Å²) in [6.07, 6.45) is -4.04. The number of aromatic nitrogens is 3. The van der Waals surface area contributed by atoms with Crippen molar-refractivity contribution in [3.63, 3.8) is 0 Å². The van der Waals surface area contributed by atoms with Gasteiger partial charge in [0.2, 0.25) is 5.88 Å². The van der Waals surface area contributed by atoms with Crippen molar-refractivity contribution in [2.75, 3.05) is 14.2 Å². The van der Waals surface area contributed by atoms with E-state index in [2.05, 4.69) is 10.1 Å². The number of sulfonamides is 1. The highest BCUT2D eigenvalue weighted by molar-refractivity contribution is 7.89. The summed E-state index contributed by atoms with van der Waals surface area (Å²) in [5.41, 5.74) is -0.322. The first-order valence-corrected chi connectivity index (χ1v) is 9.18. The van der Waals surface area contributed by atoms with Gasteiger partial charge >= 0.3 is 6.18 Å². The van der Waals surface area contributed by atoms with Crippen LogP contribution in [0.2, 0.25) is 0 Å². The number of imidazole rings is 1. The Labute approximate surface area is 157 Å². The van der Waals surface area contributed by atoms with E-state index in [0.29, 0.717) is 0 Å². The zero-order valence-corrected chi connectivity index (χ0v) is 15.4. The van der Waals surface area contributed by atoms with Crippen LogP contribution >= 0.6 is 0 Å². The van der Waals surface area contributed by atoms with E-state index in [0.717, 1.165) is 42.0 Å². The van der Waals surface area contributed by atoms with Gasteiger partial charge in [-0.2, -0.15) is 22.0 Å². The van der Waals surface area contributed by atoms with Crippen LogP contribution in [-0.2, 0) is 10.0 Å². The third-order valence-corrected chi connectivity index (χ3v) is 5.79. The molecule has 0 radical (unpaired) electrons. The van der Waals surface area contributed by atoms with Gasteiger partial charge in [0.05, 0.1) is 13.3 Å². The highest BCUT2D eigenvalue weighted by Gasteiger charge is 2.48. The SMILES string of the molecule is COc1ccc2ncc(S(=O)(=O)N(C)C(c3ccc(F)cc3)C(F)(F)F)n2n1. The van der Waals surface area contributed by atoms with Crippen molar-refractivity contribution in [2.24, 2.45) is 0 Å². The molecule has 1 aromatic carbocycles. The summed E-state index contributed by atoms with van der Waals surface area (Å²) in [6.45, 7) is 0. The minimum Gasteiger partial charge on any atom is -0.480 e. The molecule has 0 saturated carbocycles. The van der Waals surface area contributed by atoms with E-state index >= 15 is 0 Å². The Kier molecular flexibility index (Phi) is 5.02. The Balaban J connectivity index is 2.12. The minimum absolute atomic E-state index is 0.0514. The summed E-state index contributed by atoms with van der Waals surface area (Å²) in [4.78, 5) is 3.86. The second kappa shape index (κ2) is 7.02. The van der Waals surface area contributed by atoms with Crippen molar-refractivity contribution < 1.29 is 30.7 Å². The van der Waals surface area contributed by atoms with E-state index in [9.17, 15) is 26.0 Å². The van der Waals surface area contributed by atoms with Crippen molar-refractivity contribution in [1.82, 2.24) is 18.9 Å². The molecule has 0 spiro atoms. The normalized spacial score (nSPS) is 13.8. The first kappa shape index (κ1) is 20.0. The van der Waals surface area contributed by atoms with Gasteiger partial charge in [-0.25, -0.2) is 17.8 Å². The molecular weight excluding hydrogens is 404 g/mol. The van der Waals surface area contributed by atoms with Crippen molar-refractivity contribution >= 4 is 15.7 Å². The molecule has 0 N–H and O–H groups in total. The zero-order chi connectivity index (χ0) is 20.7.